The fraction of sp³-hybridized carbons (Fsp3) is 0.364. The molecule has 162 valence electrons. The van der Waals surface area contributed by atoms with Crippen molar-refractivity contribution in [1.82, 2.24) is 0 Å². The quantitative estimate of drug-likeness (QED) is 0.446. The zero-order valence-electron chi connectivity index (χ0n) is 17.0. The highest BCUT2D eigenvalue weighted by atomic mass is 32.2. The first-order chi connectivity index (χ1) is 14.2. The smallest absolute Gasteiger partial charge is 0.266 e. The van der Waals surface area contributed by atoms with E-state index in [1.165, 1.54) is 24.3 Å². The third-order valence-corrected chi connectivity index (χ3v) is 7.80. The summed E-state index contributed by atoms with van der Waals surface area (Å²) in [6.45, 7) is 3.69. The van der Waals surface area contributed by atoms with E-state index in [0.717, 1.165) is 11.1 Å². The minimum absolute atomic E-state index is 0.0286. The second kappa shape index (κ2) is 9.43. The molecule has 0 saturated heterocycles. The molecule has 0 N–H and O–H groups in total. The van der Waals surface area contributed by atoms with Crippen molar-refractivity contribution >= 4 is 20.2 Å². The van der Waals surface area contributed by atoms with Crippen molar-refractivity contribution in [3.63, 3.8) is 0 Å². The van der Waals surface area contributed by atoms with E-state index in [0.29, 0.717) is 12.8 Å². The fourth-order valence-corrected chi connectivity index (χ4v) is 5.15. The van der Waals surface area contributed by atoms with Crippen molar-refractivity contribution in [2.45, 2.75) is 36.5 Å². The Kier molecular flexibility index (Phi) is 7.13. The Morgan fingerprint density at radius 1 is 0.667 bits per heavy atom. The minimum atomic E-state index is -3.87. The lowest BCUT2D eigenvalue weighted by Crippen LogP contribution is -2.28. The van der Waals surface area contributed by atoms with Gasteiger partial charge in [-0.3, -0.25) is 8.37 Å². The first-order valence-corrected chi connectivity index (χ1v) is 12.6. The highest BCUT2D eigenvalue weighted by Gasteiger charge is 2.28. The minimum Gasteiger partial charge on any atom is -0.266 e. The SMILES string of the molecule is Cc1ccc(S(=O)(=O)OC[C@H]2CC=CC[C@H]2COS(=O)(=O)c2ccc(C)cc2)cc1. The van der Waals surface area contributed by atoms with E-state index in [1.807, 2.05) is 26.0 Å². The number of rotatable bonds is 8. The van der Waals surface area contributed by atoms with Crippen molar-refractivity contribution in [2.75, 3.05) is 13.2 Å². The molecule has 0 spiro atoms. The maximum atomic E-state index is 12.5. The largest absolute Gasteiger partial charge is 0.296 e. The molecule has 1 aliphatic carbocycles. The molecule has 0 fully saturated rings. The Labute approximate surface area is 178 Å². The lowest BCUT2D eigenvalue weighted by Gasteiger charge is -2.27. The summed E-state index contributed by atoms with van der Waals surface area (Å²) in [5.41, 5.74) is 1.91. The van der Waals surface area contributed by atoms with Crippen molar-refractivity contribution < 1.29 is 25.2 Å². The van der Waals surface area contributed by atoms with Crippen LogP contribution >= 0.6 is 0 Å². The van der Waals surface area contributed by atoms with Crippen LogP contribution in [0.15, 0.2) is 70.5 Å². The summed E-state index contributed by atoms with van der Waals surface area (Å²) in [6, 6.07) is 12.9. The molecular weight excluding hydrogens is 424 g/mol. The van der Waals surface area contributed by atoms with Gasteiger partial charge < -0.3 is 0 Å². The van der Waals surface area contributed by atoms with Gasteiger partial charge >= 0.3 is 0 Å². The van der Waals surface area contributed by atoms with Crippen molar-refractivity contribution in [1.29, 1.82) is 0 Å². The molecule has 1 aliphatic rings. The highest BCUT2D eigenvalue weighted by Crippen LogP contribution is 2.29. The molecule has 0 amide bonds. The lowest BCUT2D eigenvalue weighted by molar-refractivity contribution is 0.144. The molecule has 0 heterocycles. The third-order valence-electron chi connectivity index (χ3n) is 5.20. The maximum Gasteiger partial charge on any atom is 0.296 e. The molecular formula is C22H26O6S2. The van der Waals surface area contributed by atoms with E-state index in [4.69, 9.17) is 8.37 Å². The fourth-order valence-electron chi connectivity index (χ4n) is 3.24. The van der Waals surface area contributed by atoms with Crippen LogP contribution in [-0.4, -0.2) is 30.0 Å². The summed E-state index contributed by atoms with van der Waals surface area (Å²) in [4.78, 5) is 0.211. The molecule has 30 heavy (non-hydrogen) atoms. The van der Waals surface area contributed by atoms with Gasteiger partial charge in [0.1, 0.15) is 0 Å². The summed E-state index contributed by atoms with van der Waals surface area (Å²) in [5, 5.41) is 0. The molecule has 0 bridgehead atoms. The summed E-state index contributed by atoms with van der Waals surface area (Å²) in [7, 11) is -7.75. The summed E-state index contributed by atoms with van der Waals surface area (Å²) in [6.07, 6.45) is 5.11. The summed E-state index contributed by atoms with van der Waals surface area (Å²) < 4.78 is 60.4. The van der Waals surface area contributed by atoms with Crippen LogP contribution in [0.1, 0.15) is 24.0 Å². The molecule has 0 saturated carbocycles. The third kappa shape index (κ3) is 5.78. The Hall–Kier alpha value is -2.00. The van der Waals surface area contributed by atoms with Gasteiger partial charge in [0.25, 0.3) is 20.2 Å². The van der Waals surface area contributed by atoms with Gasteiger partial charge in [-0.2, -0.15) is 16.8 Å². The van der Waals surface area contributed by atoms with Gasteiger partial charge in [0.05, 0.1) is 23.0 Å². The summed E-state index contributed by atoms with van der Waals surface area (Å²) in [5.74, 6) is -0.327. The average Bonchev–Trinajstić information content (AvgIpc) is 2.72. The van der Waals surface area contributed by atoms with Crippen LogP contribution in [-0.2, 0) is 28.6 Å². The van der Waals surface area contributed by atoms with E-state index in [9.17, 15) is 16.8 Å². The van der Waals surface area contributed by atoms with Gasteiger partial charge in [-0.25, -0.2) is 0 Å². The zero-order valence-corrected chi connectivity index (χ0v) is 18.7. The van der Waals surface area contributed by atoms with Gasteiger partial charge in [-0.1, -0.05) is 47.5 Å². The van der Waals surface area contributed by atoms with E-state index >= 15 is 0 Å². The zero-order chi connectivity index (χ0) is 21.8. The predicted octanol–water partition coefficient (Wildman–Crippen LogP) is 4.00. The molecule has 0 aromatic heterocycles. The second-order valence-corrected chi connectivity index (χ2v) is 10.8. The average molecular weight is 451 g/mol. The van der Waals surface area contributed by atoms with Gasteiger partial charge in [-0.15, -0.1) is 0 Å². The van der Waals surface area contributed by atoms with E-state index in [1.54, 1.807) is 24.3 Å². The van der Waals surface area contributed by atoms with E-state index < -0.39 is 20.2 Å². The van der Waals surface area contributed by atoms with Crippen molar-refractivity contribution in [2.24, 2.45) is 11.8 Å². The lowest BCUT2D eigenvalue weighted by atomic mass is 9.84. The van der Waals surface area contributed by atoms with Crippen LogP contribution in [0.25, 0.3) is 0 Å². The molecule has 6 nitrogen and oxygen atoms in total. The topological polar surface area (TPSA) is 86.7 Å². The normalized spacial score (nSPS) is 19.7. The van der Waals surface area contributed by atoms with E-state index in [-0.39, 0.29) is 34.8 Å². The highest BCUT2D eigenvalue weighted by molar-refractivity contribution is 7.87. The number of hydrogen-bond donors (Lipinski definition) is 0. The second-order valence-electron chi connectivity index (χ2n) is 7.57. The van der Waals surface area contributed by atoms with Crippen LogP contribution in [0.4, 0.5) is 0 Å². The Morgan fingerprint density at radius 3 is 1.33 bits per heavy atom. The predicted molar refractivity (Wildman–Crippen MR) is 114 cm³/mol. The van der Waals surface area contributed by atoms with Crippen LogP contribution in [0, 0.1) is 25.7 Å². The Bertz CT molecular complexity index is 996. The summed E-state index contributed by atoms with van der Waals surface area (Å²) >= 11 is 0. The molecule has 8 heteroatoms. The maximum absolute atomic E-state index is 12.5. The molecule has 3 rings (SSSR count). The van der Waals surface area contributed by atoms with Crippen molar-refractivity contribution in [3.8, 4) is 0 Å². The number of allylic oxidation sites excluding steroid dienone is 2. The molecule has 0 unspecified atom stereocenters. The van der Waals surface area contributed by atoms with Crippen LogP contribution in [0.3, 0.4) is 0 Å². The van der Waals surface area contributed by atoms with Gasteiger partial charge in [0.2, 0.25) is 0 Å². The van der Waals surface area contributed by atoms with Gasteiger partial charge in [0.15, 0.2) is 0 Å². The molecule has 0 aliphatic heterocycles. The monoisotopic (exact) mass is 450 g/mol. The molecule has 2 aromatic rings. The van der Waals surface area contributed by atoms with Gasteiger partial charge in [-0.05, 0) is 62.8 Å². The van der Waals surface area contributed by atoms with Crippen LogP contribution in [0.2, 0.25) is 0 Å². The number of hydrogen-bond acceptors (Lipinski definition) is 6. The Morgan fingerprint density at radius 2 is 1.00 bits per heavy atom. The van der Waals surface area contributed by atoms with Crippen molar-refractivity contribution in [3.05, 3.63) is 71.8 Å². The molecule has 2 aromatic carbocycles. The number of benzene rings is 2. The van der Waals surface area contributed by atoms with E-state index in [2.05, 4.69) is 0 Å². The van der Waals surface area contributed by atoms with Crippen LogP contribution < -0.4 is 0 Å². The van der Waals surface area contributed by atoms with Gasteiger partial charge in [0, 0.05) is 0 Å². The van der Waals surface area contributed by atoms with Crippen LogP contribution in [0.5, 0.6) is 0 Å². The first-order valence-electron chi connectivity index (χ1n) is 9.74. The molecule has 2 atom stereocenters. The first kappa shape index (κ1) is 22.7. The standard InChI is InChI=1S/C22H26O6S2/c1-17-7-11-21(12-8-17)29(23,24)27-15-19-5-3-4-6-20(19)16-28-30(25,26)22-13-9-18(2)10-14-22/h3-4,7-14,19-20H,5-6,15-16H2,1-2H3/t19-,20+. The molecule has 0 radical (unpaired) electrons. The number of aryl methyl sites for hydroxylation is 2. The Balaban J connectivity index is 1.63.